The Bertz CT molecular complexity index is 416. The fourth-order valence-electron chi connectivity index (χ4n) is 1.87. The highest BCUT2D eigenvalue weighted by atomic mass is 15.1. The summed E-state index contributed by atoms with van der Waals surface area (Å²) in [6, 6.07) is 7.85. The standard InChI is InChI=1S/C13H17N3/c1-2-16(9-10-3-4-10)12-5-6-13(15)11(7-12)8-14/h5-7,10H,2-4,9,15H2,1H3. The molecule has 0 atom stereocenters. The molecule has 0 spiro atoms. The lowest BCUT2D eigenvalue weighted by Gasteiger charge is -2.23. The Labute approximate surface area is 96.5 Å². The van der Waals surface area contributed by atoms with Crippen LogP contribution in [0.1, 0.15) is 25.3 Å². The highest BCUT2D eigenvalue weighted by Crippen LogP contribution is 2.31. The van der Waals surface area contributed by atoms with Gasteiger partial charge in [0.05, 0.1) is 5.56 Å². The maximum absolute atomic E-state index is 8.94. The van der Waals surface area contributed by atoms with Gasteiger partial charge >= 0.3 is 0 Å². The van der Waals surface area contributed by atoms with E-state index in [1.165, 1.54) is 12.8 Å². The summed E-state index contributed by atoms with van der Waals surface area (Å²) in [5, 5.41) is 8.94. The molecule has 1 aliphatic rings. The fourth-order valence-corrected chi connectivity index (χ4v) is 1.87. The Hall–Kier alpha value is -1.69. The fraction of sp³-hybridized carbons (Fsp3) is 0.462. The molecule has 0 aliphatic heterocycles. The number of nitrogen functional groups attached to an aromatic ring is 1. The van der Waals surface area contributed by atoms with Crippen molar-refractivity contribution in [1.29, 1.82) is 5.26 Å². The van der Waals surface area contributed by atoms with Gasteiger partial charge in [-0.15, -0.1) is 0 Å². The first-order valence-electron chi connectivity index (χ1n) is 5.79. The quantitative estimate of drug-likeness (QED) is 0.784. The van der Waals surface area contributed by atoms with Crippen LogP contribution in [0.2, 0.25) is 0 Å². The second kappa shape index (κ2) is 4.44. The molecule has 0 radical (unpaired) electrons. The Balaban J connectivity index is 2.20. The lowest BCUT2D eigenvalue weighted by atomic mass is 10.1. The van der Waals surface area contributed by atoms with Crippen molar-refractivity contribution in [3.05, 3.63) is 23.8 Å². The molecule has 84 valence electrons. The molecule has 3 nitrogen and oxygen atoms in total. The van der Waals surface area contributed by atoms with Crippen LogP contribution in [0.15, 0.2) is 18.2 Å². The highest BCUT2D eigenvalue weighted by Gasteiger charge is 2.24. The van der Waals surface area contributed by atoms with E-state index in [1.54, 1.807) is 0 Å². The average Bonchev–Trinajstić information content (AvgIpc) is 3.11. The number of hydrogen-bond acceptors (Lipinski definition) is 3. The smallest absolute Gasteiger partial charge is 0.101 e. The molecule has 0 amide bonds. The molecule has 16 heavy (non-hydrogen) atoms. The molecule has 1 saturated carbocycles. The van der Waals surface area contributed by atoms with Crippen LogP contribution < -0.4 is 10.6 Å². The van der Waals surface area contributed by atoms with E-state index in [0.29, 0.717) is 11.3 Å². The molecule has 1 aliphatic carbocycles. The third-order valence-corrected chi connectivity index (χ3v) is 3.08. The number of anilines is 2. The molecule has 0 saturated heterocycles. The second-order valence-corrected chi connectivity index (χ2v) is 4.37. The summed E-state index contributed by atoms with van der Waals surface area (Å²) >= 11 is 0. The van der Waals surface area contributed by atoms with E-state index in [4.69, 9.17) is 11.0 Å². The summed E-state index contributed by atoms with van der Waals surface area (Å²) < 4.78 is 0. The first kappa shape index (κ1) is 10.8. The van der Waals surface area contributed by atoms with Crippen LogP contribution in [0.5, 0.6) is 0 Å². The van der Waals surface area contributed by atoms with Crippen molar-refractivity contribution >= 4 is 11.4 Å². The third kappa shape index (κ3) is 2.27. The van der Waals surface area contributed by atoms with Gasteiger partial charge in [0.2, 0.25) is 0 Å². The Morgan fingerprint density at radius 2 is 2.25 bits per heavy atom. The Morgan fingerprint density at radius 3 is 2.81 bits per heavy atom. The van der Waals surface area contributed by atoms with Gasteiger partial charge in [0.25, 0.3) is 0 Å². The summed E-state index contributed by atoms with van der Waals surface area (Å²) in [5.74, 6) is 0.850. The molecule has 0 unspecified atom stereocenters. The van der Waals surface area contributed by atoms with Crippen molar-refractivity contribution in [2.24, 2.45) is 5.92 Å². The monoisotopic (exact) mass is 215 g/mol. The number of hydrogen-bond donors (Lipinski definition) is 1. The van der Waals surface area contributed by atoms with Crippen molar-refractivity contribution in [3.63, 3.8) is 0 Å². The van der Waals surface area contributed by atoms with Crippen molar-refractivity contribution in [2.45, 2.75) is 19.8 Å². The zero-order valence-electron chi connectivity index (χ0n) is 9.61. The minimum Gasteiger partial charge on any atom is -0.398 e. The molecule has 2 N–H and O–H groups in total. The first-order chi connectivity index (χ1) is 7.74. The van der Waals surface area contributed by atoms with E-state index < -0.39 is 0 Å². The van der Waals surface area contributed by atoms with E-state index in [1.807, 2.05) is 18.2 Å². The van der Waals surface area contributed by atoms with Crippen LogP contribution in [0.4, 0.5) is 11.4 Å². The predicted octanol–water partition coefficient (Wildman–Crippen LogP) is 2.38. The minimum atomic E-state index is 0.564. The summed E-state index contributed by atoms with van der Waals surface area (Å²) in [7, 11) is 0. The maximum atomic E-state index is 8.94. The lowest BCUT2D eigenvalue weighted by Crippen LogP contribution is -2.25. The van der Waals surface area contributed by atoms with Crippen LogP contribution in [0.25, 0.3) is 0 Å². The van der Waals surface area contributed by atoms with Gasteiger partial charge in [-0.1, -0.05) is 0 Å². The Kier molecular flexibility index (Phi) is 3.00. The molecule has 3 heteroatoms. The van der Waals surface area contributed by atoms with E-state index in [2.05, 4.69) is 17.9 Å². The van der Waals surface area contributed by atoms with Crippen molar-refractivity contribution in [2.75, 3.05) is 23.7 Å². The second-order valence-electron chi connectivity index (χ2n) is 4.37. The van der Waals surface area contributed by atoms with Gasteiger partial charge in [-0.2, -0.15) is 5.26 Å². The highest BCUT2D eigenvalue weighted by molar-refractivity contribution is 5.62. The topological polar surface area (TPSA) is 53.0 Å². The van der Waals surface area contributed by atoms with Crippen LogP contribution in [-0.4, -0.2) is 13.1 Å². The average molecular weight is 215 g/mol. The molecule has 0 heterocycles. The maximum Gasteiger partial charge on any atom is 0.101 e. The van der Waals surface area contributed by atoms with Gasteiger partial charge in [-0.05, 0) is 43.9 Å². The van der Waals surface area contributed by atoms with E-state index >= 15 is 0 Å². The molecular weight excluding hydrogens is 198 g/mol. The SMILES string of the molecule is CCN(CC1CC1)c1ccc(N)c(C#N)c1. The van der Waals surface area contributed by atoms with Gasteiger partial charge in [0, 0.05) is 24.5 Å². The van der Waals surface area contributed by atoms with E-state index in [0.717, 1.165) is 24.7 Å². The summed E-state index contributed by atoms with van der Waals surface area (Å²) in [6.45, 7) is 4.22. The van der Waals surface area contributed by atoms with Crippen LogP contribution in [0.3, 0.4) is 0 Å². The van der Waals surface area contributed by atoms with Crippen LogP contribution in [-0.2, 0) is 0 Å². The Morgan fingerprint density at radius 1 is 1.50 bits per heavy atom. The number of rotatable bonds is 4. The van der Waals surface area contributed by atoms with Gasteiger partial charge < -0.3 is 10.6 Å². The minimum absolute atomic E-state index is 0.564. The summed E-state index contributed by atoms with van der Waals surface area (Å²) in [6.07, 6.45) is 2.69. The predicted molar refractivity (Wildman–Crippen MR) is 66.2 cm³/mol. The first-order valence-corrected chi connectivity index (χ1v) is 5.79. The normalized spacial score (nSPS) is 14.5. The van der Waals surface area contributed by atoms with Gasteiger partial charge in [-0.3, -0.25) is 0 Å². The zero-order chi connectivity index (χ0) is 11.5. The zero-order valence-corrected chi connectivity index (χ0v) is 9.61. The van der Waals surface area contributed by atoms with Gasteiger partial charge in [0.15, 0.2) is 0 Å². The van der Waals surface area contributed by atoms with E-state index in [-0.39, 0.29) is 0 Å². The van der Waals surface area contributed by atoms with Crippen molar-refractivity contribution in [3.8, 4) is 6.07 Å². The van der Waals surface area contributed by atoms with Gasteiger partial charge in [-0.25, -0.2) is 0 Å². The molecule has 0 bridgehead atoms. The lowest BCUT2D eigenvalue weighted by molar-refractivity contribution is 0.742. The summed E-state index contributed by atoms with van der Waals surface area (Å²) in [4.78, 5) is 2.32. The molecular formula is C13H17N3. The molecule has 1 fully saturated rings. The van der Waals surface area contributed by atoms with Crippen LogP contribution >= 0.6 is 0 Å². The van der Waals surface area contributed by atoms with Gasteiger partial charge in [0.1, 0.15) is 6.07 Å². The molecule has 2 rings (SSSR count). The number of benzene rings is 1. The third-order valence-electron chi connectivity index (χ3n) is 3.08. The van der Waals surface area contributed by atoms with Crippen molar-refractivity contribution in [1.82, 2.24) is 0 Å². The number of nitriles is 1. The van der Waals surface area contributed by atoms with Crippen molar-refractivity contribution < 1.29 is 0 Å². The molecule has 1 aromatic rings. The van der Waals surface area contributed by atoms with Crippen LogP contribution in [0, 0.1) is 17.2 Å². The largest absolute Gasteiger partial charge is 0.398 e. The number of nitrogens with zero attached hydrogens (tertiary/aromatic N) is 2. The summed E-state index contributed by atoms with van der Waals surface area (Å²) in [5.41, 5.74) is 7.96. The number of nitrogens with two attached hydrogens (primary N) is 1. The molecule has 0 aromatic heterocycles. The molecule has 1 aromatic carbocycles. The van der Waals surface area contributed by atoms with E-state index in [9.17, 15) is 0 Å².